The first kappa shape index (κ1) is 14.5. The minimum absolute atomic E-state index is 0.127. The smallest absolute Gasteiger partial charge is 0.168 e. The third kappa shape index (κ3) is 3.33. The molecule has 0 radical (unpaired) electrons. The first-order chi connectivity index (χ1) is 9.47. The molecule has 0 fully saturated rings. The summed E-state index contributed by atoms with van der Waals surface area (Å²) >= 11 is 0. The Morgan fingerprint density at radius 1 is 1.15 bits per heavy atom. The zero-order valence-corrected chi connectivity index (χ0v) is 11.5. The van der Waals surface area contributed by atoms with Gasteiger partial charge in [-0.05, 0) is 55.7 Å². The van der Waals surface area contributed by atoms with Gasteiger partial charge in [0.1, 0.15) is 11.6 Å². The molecule has 2 nitrogen and oxygen atoms in total. The molecule has 2 N–H and O–H groups in total. The molecule has 4 heteroatoms. The molecule has 20 heavy (non-hydrogen) atoms. The number of ether oxygens (including phenoxy) is 1. The van der Waals surface area contributed by atoms with Crippen LogP contribution in [0, 0.1) is 18.6 Å². The summed E-state index contributed by atoms with van der Waals surface area (Å²) in [4.78, 5) is 0. The molecule has 2 rings (SSSR count). The highest BCUT2D eigenvalue weighted by molar-refractivity contribution is 5.40. The van der Waals surface area contributed by atoms with Crippen molar-refractivity contribution in [1.29, 1.82) is 0 Å². The number of hydrogen-bond acceptors (Lipinski definition) is 2. The Balaban J connectivity index is 2.35. The monoisotopic (exact) mass is 277 g/mol. The largest absolute Gasteiger partial charge is 0.454 e. The quantitative estimate of drug-likeness (QED) is 0.918. The molecule has 1 atom stereocenters. The molecule has 0 bridgehead atoms. The lowest BCUT2D eigenvalue weighted by atomic mass is 10.1. The molecule has 2 aromatic carbocycles. The molecule has 2 aromatic rings. The molecule has 0 heterocycles. The Kier molecular flexibility index (Phi) is 4.35. The van der Waals surface area contributed by atoms with Gasteiger partial charge in [-0.2, -0.15) is 0 Å². The molecule has 0 saturated heterocycles. The summed E-state index contributed by atoms with van der Waals surface area (Å²) in [5, 5.41) is 0. The third-order valence-electron chi connectivity index (χ3n) is 2.94. The lowest BCUT2D eigenvalue weighted by molar-refractivity contribution is 0.433. The van der Waals surface area contributed by atoms with Crippen LogP contribution in [0.4, 0.5) is 8.78 Å². The Bertz CT molecular complexity index is 611. The molecular weight excluding hydrogens is 260 g/mol. The van der Waals surface area contributed by atoms with E-state index in [0.717, 1.165) is 0 Å². The molecule has 0 spiro atoms. The number of aryl methyl sites for hydroxylation is 1. The molecule has 0 saturated carbocycles. The van der Waals surface area contributed by atoms with Crippen LogP contribution in [0.3, 0.4) is 0 Å². The van der Waals surface area contributed by atoms with Crippen LogP contribution in [0.2, 0.25) is 0 Å². The summed E-state index contributed by atoms with van der Waals surface area (Å²) < 4.78 is 32.8. The minimum Gasteiger partial charge on any atom is -0.454 e. The van der Waals surface area contributed by atoms with Gasteiger partial charge < -0.3 is 10.5 Å². The number of nitrogens with two attached hydrogens (primary N) is 1. The van der Waals surface area contributed by atoms with Crippen molar-refractivity contribution in [2.24, 2.45) is 5.73 Å². The molecule has 0 aliphatic heterocycles. The predicted octanol–water partition coefficient (Wildman–Crippen LogP) is 3.96. The van der Waals surface area contributed by atoms with Gasteiger partial charge in [0.05, 0.1) is 0 Å². The van der Waals surface area contributed by atoms with E-state index in [1.807, 2.05) is 6.92 Å². The first-order valence-electron chi connectivity index (χ1n) is 6.44. The van der Waals surface area contributed by atoms with Gasteiger partial charge in [-0.25, -0.2) is 8.78 Å². The van der Waals surface area contributed by atoms with Crippen LogP contribution in [0.15, 0.2) is 36.4 Å². The Morgan fingerprint density at radius 2 is 1.90 bits per heavy atom. The SMILES string of the molecule is Cc1cccc(Oc2ccc(F)cc2CC(C)N)c1F. The molecule has 0 aliphatic carbocycles. The highest BCUT2D eigenvalue weighted by Crippen LogP contribution is 2.29. The molecule has 0 aromatic heterocycles. The standard InChI is InChI=1S/C16H17F2NO/c1-10-4-3-5-15(16(10)18)20-14-7-6-13(17)9-12(14)8-11(2)19/h3-7,9,11H,8,19H2,1-2H3. The highest BCUT2D eigenvalue weighted by atomic mass is 19.1. The van der Waals surface area contributed by atoms with Gasteiger partial charge in [0.25, 0.3) is 0 Å². The summed E-state index contributed by atoms with van der Waals surface area (Å²) in [7, 11) is 0. The van der Waals surface area contributed by atoms with Crippen LogP contribution in [-0.4, -0.2) is 6.04 Å². The van der Waals surface area contributed by atoms with Gasteiger partial charge in [-0.15, -0.1) is 0 Å². The summed E-state index contributed by atoms with van der Waals surface area (Å²) in [5.74, 6) is -0.225. The second-order valence-corrected chi connectivity index (χ2v) is 4.92. The lowest BCUT2D eigenvalue weighted by Gasteiger charge is -2.14. The van der Waals surface area contributed by atoms with Crippen LogP contribution < -0.4 is 10.5 Å². The Hall–Kier alpha value is -1.94. The number of hydrogen-bond donors (Lipinski definition) is 1. The average molecular weight is 277 g/mol. The maximum absolute atomic E-state index is 13.9. The fourth-order valence-electron chi connectivity index (χ4n) is 1.97. The second kappa shape index (κ2) is 6.01. The topological polar surface area (TPSA) is 35.2 Å². The van der Waals surface area contributed by atoms with Crippen LogP contribution in [0.5, 0.6) is 11.5 Å². The predicted molar refractivity (Wildman–Crippen MR) is 75.0 cm³/mol. The van der Waals surface area contributed by atoms with E-state index in [1.54, 1.807) is 25.1 Å². The van der Waals surface area contributed by atoms with Crippen molar-refractivity contribution in [1.82, 2.24) is 0 Å². The van der Waals surface area contributed by atoms with Crippen LogP contribution >= 0.6 is 0 Å². The highest BCUT2D eigenvalue weighted by Gasteiger charge is 2.12. The summed E-state index contributed by atoms with van der Waals surface area (Å²) in [5.41, 5.74) is 6.86. The lowest BCUT2D eigenvalue weighted by Crippen LogP contribution is -2.18. The van der Waals surface area contributed by atoms with Gasteiger partial charge in [0, 0.05) is 6.04 Å². The average Bonchev–Trinajstić information content (AvgIpc) is 2.37. The van der Waals surface area contributed by atoms with Crippen LogP contribution in [0.1, 0.15) is 18.1 Å². The van der Waals surface area contributed by atoms with Gasteiger partial charge in [0.15, 0.2) is 11.6 Å². The van der Waals surface area contributed by atoms with E-state index in [2.05, 4.69) is 0 Å². The van der Waals surface area contributed by atoms with E-state index in [4.69, 9.17) is 10.5 Å². The van der Waals surface area contributed by atoms with E-state index in [-0.39, 0.29) is 17.6 Å². The van der Waals surface area contributed by atoms with E-state index < -0.39 is 5.82 Å². The fraction of sp³-hybridized carbons (Fsp3) is 0.250. The zero-order valence-electron chi connectivity index (χ0n) is 11.5. The molecule has 106 valence electrons. The van der Waals surface area contributed by atoms with E-state index in [9.17, 15) is 8.78 Å². The van der Waals surface area contributed by atoms with Crippen molar-refractivity contribution < 1.29 is 13.5 Å². The Labute approximate surface area is 117 Å². The maximum atomic E-state index is 13.9. The molecule has 0 aliphatic rings. The van der Waals surface area contributed by atoms with E-state index in [0.29, 0.717) is 23.3 Å². The minimum atomic E-state index is -0.413. The van der Waals surface area contributed by atoms with E-state index in [1.165, 1.54) is 18.2 Å². The van der Waals surface area contributed by atoms with Gasteiger partial charge in [0.2, 0.25) is 0 Å². The van der Waals surface area contributed by atoms with Crippen molar-refractivity contribution in [3.05, 3.63) is 59.2 Å². The Morgan fingerprint density at radius 3 is 2.60 bits per heavy atom. The van der Waals surface area contributed by atoms with Crippen molar-refractivity contribution >= 4 is 0 Å². The van der Waals surface area contributed by atoms with E-state index >= 15 is 0 Å². The molecule has 1 unspecified atom stereocenters. The molecule has 0 amide bonds. The number of benzene rings is 2. The first-order valence-corrected chi connectivity index (χ1v) is 6.44. The van der Waals surface area contributed by atoms with Crippen molar-refractivity contribution in [2.45, 2.75) is 26.3 Å². The maximum Gasteiger partial charge on any atom is 0.168 e. The summed E-state index contributed by atoms with van der Waals surface area (Å²) in [6, 6.07) is 8.93. The van der Waals surface area contributed by atoms with Gasteiger partial charge in [-0.3, -0.25) is 0 Å². The van der Waals surface area contributed by atoms with Gasteiger partial charge >= 0.3 is 0 Å². The third-order valence-corrected chi connectivity index (χ3v) is 2.94. The van der Waals surface area contributed by atoms with Crippen molar-refractivity contribution in [3.8, 4) is 11.5 Å². The number of rotatable bonds is 4. The van der Waals surface area contributed by atoms with Crippen molar-refractivity contribution in [2.75, 3.05) is 0 Å². The summed E-state index contributed by atoms with van der Waals surface area (Å²) in [6.45, 7) is 3.48. The van der Waals surface area contributed by atoms with Crippen LogP contribution in [0.25, 0.3) is 0 Å². The molecular formula is C16H17F2NO. The van der Waals surface area contributed by atoms with Crippen LogP contribution in [-0.2, 0) is 6.42 Å². The van der Waals surface area contributed by atoms with Crippen molar-refractivity contribution in [3.63, 3.8) is 0 Å². The van der Waals surface area contributed by atoms with Gasteiger partial charge in [-0.1, -0.05) is 12.1 Å². The summed E-state index contributed by atoms with van der Waals surface area (Å²) in [6.07, 6.45) is 0.459. The normalized spacial score (nSPS) is 12.2. The fourth-order valence-corrected chi connectivity index (χ4v) is 1.97. The zero-order chi connectivity index (χ0) is 14.7. The number of halogens is 2. The second-order valence-electron chi connectivity index (χ2n) is 4.92.